The Morgan fingerprint density at radius 1 is 1.23 bits per heavy atom. The molecular weight excluding hydrogens is 158 g/mol. The summed E-state index contributed by atoms with van der Waals surface area (Å²) in [5, 5.41) is 0. The maximum atomic E-state index is 4.34. The van der Waals surface area contributed by atoms with Gasteiger partial charge in [-0.15, -0.1) is 0 Å². The van der Waals surface area contributed by atoms with Crippen LogP contribution in [0.25, 0.3) is 12.2 Å². The van der Waals surface area contributed by atoms with Crippen LogP contribution in [0, 0.1) is 0 Å². The SMILES string of the molecule is C=Cc1cnc(C(C)C)cc1C=C. The van der Waals surface area contributed by atoms with Crippen LogP contribution < -0.4 is 0 Å². The highest BCUT2D eigenvalue weighted by atomic mass is 14.7. The normalized spacial score (nSPS) is 10.1. The molecule has 0 radical (unpaired) electrons. The average Bonchev–Trinajstić information content (AvgIpc) is 2.16. The predicted octanol–water partition coefficient (Wildman–Crippen LogP) is 3.49. The smallest absolute Gasteiger partial charge is 0.0435 e. The van der Waals surface area contributed by atoms with Gasteiger partial charge in [-0.1, -0.05) is 39.2 Å². The summed E-state index contributed by atoms with van der Waals surface area (Å²) in [6, 6.07) is 2.06. The van der Waals surface area contributed by atoms with Crippen molar-refractivity contribution in [2.75, 3.05) is 0 Å². The molecule has 0 amide bonds. The molecule has 0 saturated heterocycles. The first kappa shape index (κ1) is 9.72. The molecule has 0 N–H and O–H groups in total. The minimum absolute atomic E-state index is 0.456. The molecule has 0 saturated carbocycles. The van der Waals surface area contributed by atoms with E-state index in [0.29, 0.717) is 5.92 Å². The van der Waals surface area contributed by atoms with Crippen molar-refractivity contribution in [1.82, 2.24) is 4.98 Å². The fourth-order valence-corrected chi connectivity index (χ4v) is 1.16. The first-order valence-corrected chi connectivity index (χ1v) is 4.44. The number of hydrogen-bond donors (Lipinski definition) is 0. The van der Waals surface area contributed by atoms with E-state index in [1.807, 2.05) is 12.3 Å². The molecule has 1 aromatic heterocycles. The lowest BCUT2D eigenvalue weighted by Gasteiger charge is -2.07. The number of rotatable bonds is 3. The van der Waals surface area contributed by atoms with E-state index in [2.05, 4.69) is 38.1 Å². The van der Waals surface area contributed by atoms with E-state index < -0.39 is 0 Å². The first-order valence-electron chi connectivity index (χ1n) is 4.44. The number of pyridine rings is 1. The third kappa shape index (κ3) is 2.05. The van der Waals surface area contributed by atoms with Gasteiger partial charge in [0.05, 0.1) is 0 Å². The third-order valence-corrected chi connectivity index (χ3v) is 2.02. The van der Waals surface area contributed by atoms with Crippen molar-refractivity contribution < 1.29 is 0 Å². The van der Waals surface area contributed by atoms with Crippen LogP contribution in [0.15, 0.2) is 25.4 Å². The zero-order chi connectivity index (χ0) is 9.84. The van der Waals surface area contributed by atoms with E-state index in [-0.39, 0.29) is 0 Å². The standard InChI is InChI=1S/C12H15N/c1-5-10-7-12(9(3)4)13-8-11(10)6-2/h5-9H,1-2H2,3-4H3. The molecule has 1 heterocycles. The van der Waals surface area contributed by atoms with Crippen LogP contribution in [0.5, 0.6) is 0 Å². The second kappa shape index (κ2) is 4.04. The molecule has 0 fully saturated rings. The van der Waals surface area contributed by atoms with Gasteiger partial charge in [-0.25, -0.2) is 0 Å². The molecule has 0 atom stereocenters. The van der Waals surface area contributed by atoms with Crippen molar-refractivity contribution in [2.45, 2.75) is 19.8 Å². The molecule has 68 valence electrons. The number of aromatic nitrogens is 1. The summed E-state index contributed by atoms with van der Waals surface area (Å²) in [5.74, 6) is 0.456. The lowest BCUT2D eigenvalue weighted by Crippen LogP contribution is -1.94. The molecule has 0 spiro atoms. The fraction of sp³-hybridized carbons (Fsp3) is 0.250. The van der Waals surface area contributed by atoms with Gasteiger partial charge in [-0.3, -0.25) is 4.98 Å². The topological polar surface area (TPSA) is 12.9 Å². The van der Waals surface area contributed by atoms with Gasteiger partial charge >= 0.3 is 0 Å². The zero-order valence-electron chi connectivity index (χ0n) is 8.25. The van der Waals surface area contributed by atoms with Crippen molar-refractivity contribution >= 4 is 12.2 Å². The summed E-state index contributed by atoms with van der Waals surface area (Å²) in [6.45, 7) is 11.7. The van der Waals surface area contributed by atoms with Gasteiger partial charge < -0.3 is 0 Å². The molecule has 0 unspecified atom stereocenters. The Morgan fingerprint density at radius 2 is 1.85 bits per heavy atom. The highest BCUT2D eigenvalue weighted by Crippen LogP contribution is 2.17. The molecule has 1 heteroatoms. The van der Waals surface area contributed by atoms with Crippen molar-refractivity contribution in [3.63, 3.8) is 0 Å². The van der Waals surface area contributed by atoms with Gasteiger partial charge in [0.25, 0.3) is 0 Å². The Kier molecular flexibility index (Phi) is 3.02. The van der Waals surface area contributed by atoms with Gasteiger partial charge in [0.15, 0.2) is 0 Å². The summed E-state index contributed by atoms with van der Waals surface area (Å²) >= 11 is 0. The minimum atomic E-state index is 0.456. The molecule has 1 nitrogen and oxygen atoms in total. The summed E-state index contributed by atoms with van der Waals surface area (Å²) < 4.78 is 0. The Balaban J connectivity index is 3.20. The van der Waals surface area contributed by atoms with Gasteiger partial charge in [-0.05, 0) is 23.1 Å². The quantitative estimate of drug-likeness (QED) is 0.681. The van der Waals surface area contributed by atoms with Gasteiger partial charge in [0, 0.05) is 11.9 Å². The molecule has 1 aromatic rings. The van der Waals surface area contributed by atoms with Crippen LogP contribution in [0.3, 0.4) is 0 Å². The molecule has 0 aromatic carbocycles. The lowest BCUT2D eigenvalue weighted by atomic mass is 10.0. The maximum Gasteiger partial charge on any atom is 0.0435 e. The molecule has 1 rings (SSSR count). The summed E-state index contributed by atoms with van der Waals surface area (Å²) in [4.78, 5) is 4.34. The summed E-state index contributed by atoms with van der Waals surface area (Å²) in [7, 11) is 0. The molecule has 0 aliphatic carbocycles. The Labute approximate surface area is 79.8 Å². The zero-order valence-corrected chi connectivity index (χ0v) is 8.25. The molecule has 13 heavy (non-hydrogen) atoms. The van der Waals surface area contributed by atoms with Gasteiger partial charge in [0.1, 0.15) is 0 Å². The van der Waals surface area contributed by atoms with Gasteiger partial charge in [0.2, 0.25) is 0 Å². The monoisotopic (exact) mass is 173 g/mol. The van der Waals surface area contributed by atoms with Crippen molar-refractivity contribution in [3.8, 4) is 0 Å². The van der Waals surface area contributed by atoms with Crippen LogP contribution >= 0.6 is 0 Å². The molecule has 0 bridgehead atoms. The Morgan fingerprint density at radius 3 is 2.31 bits per heavy atom. The average molecular weight is 173 g/mol. The predicted molar refractivity (Wildman–Crippen MR) is 58.5 cm³/mol. The Hall–Kier alpha value is -1.37. The second-order valence-corrected chi connectivity index (χ2v) is 3.30. The minimum Gasteiger partial charge on any atom is -0.260 e. The Bertz CT molecular complexity index is 324. The van der Waals surface area contributed by atoms with Crippen LogP contribution in [0.2, 0.25) is 0 Å². The first-order chi connectivity index (χ1) is 6.19. The highest BCUT2D eigenvalue weighted by Gasteiger charge is 2.02. The molecule has 0 aliphatic rings. The van der Waals surface area contributed by atoms with E-state index in [0.717, 1.165) is 16.8 Å². The summed E-state index contributed by atoms with van der Waals surface area (Å²) in [6.07, 6.45) is 5.48. The highest BCUT2D eigenvalue weighted by molar-refractivity contribution is 5.62. The van der Waals surface area contributed by atoms with Crippen LogP contribution in [0.1, 0.15) is 36.6 Å². The van der Waals surface area contributed by atoms with E-state index in [1.54, 1.807) is 6.08 Å². The van der Waals surface area contributed by atoms with Crippen LogP contribution in [-0.4, -0.2) is 4.98 Å². The van der Waals surface area contributed by atoms with E-state index in [1.165, 1.54) is 0 Å². The van der Waals surface area contributed by atoms with E-state index in [4.69, 9.17) is 0 Å². The lowest BCUT2D eigenvalue weighted by molar-refractivity contribution is 0.822. The largest absolute Gasteiger partial charge is 0.260 e. The van der Waals surface area contributed by atoms with Crippen molar-refractivity contribution in [2.24, 2.45) is 0 Å². The van der Waals surface area contributed by atoms with Crippen molar-refractivity contribution in [1.29, 1.82) is 0 Å². The second-order valence-electron chi connectivity index (χ2n) is 3.30. The van der Waals surface area contributed by atoms with Crippen LogP contribution in [0.4, 0.5) is 0 Å². The van der Waals surface area contributed by atoms with E-state index >= 15 is 0 Å². The fourth-order valence-electron chi connectivity index (χ4n) is 1.16. The van der Waals surface area contributed by atoms with Crippen molar-refractivity contribution in [3.05, 3.63) is 42.2 Å². The van der Waals surface area contributed by atoms with E-state index in [9.17, 15) is 0 Å². The van der Waals surface area contributed by atoms with Gasteiger partial charge in [-0.2, -0.15) is 0 Å². The third-order valence-electron chi connectivity index (χ3n) is 2.02. The van der Waals surface area contributed by atoms with Crippen LogP contribution in [-0.2, 0) is 0 Å². The molecular formula is C12H15N. The molecule has 0 aliphatic heterocycles. The number of nitrogens with zero attached hydrogens (tertiary/aromatic N) is 1. The maximum absolute atomic E-state index is 4.34. The summed E-state index contributed by atoms with van der Waals surface area (Å²) in [5.41, 5.74) is 3.24. The number of hydrogen-bond acceptors (Lipinski definition) is 1.